The fraction of sp³-hybridized carbons (Fsp3) is 0.291. The number of rotatable bonds is 18. The van der Waals surface area contributed by atoms with Gasteiger partial charge in [-0.05, 0) is 286 Å². The van der Waals surface area contributed by atoms with E-state index in [-0.39, 0.29) is 78.0 Å². The number of hydrogen-bond acceptors (Lipinski definition) is 18. The van der Waals surface area contributed by atoms with Crippen LogP contribution in [0.1, 0.15) is 138 Å². The first-order chi connectivity index (χ1) is 60.5. The Labute approximate surface area is 796 Å². The number of aliphatic carboxylic acids is 2. The number of nitrogens with one attached hydrogen (secondary N) is 1. The molecule has 3 atom stereocenters. The van der Waals surface area contributed by atoms with Crippen LogP contribution < -0.4 is 55.1 Å². The maximum absolute atomic E-state index is 13.2. The molecule has 0 fully saturated rings. The first-order valence-corrected chi connectivity index (χ1v) is 43.7. The Morgan fingerprint density at radius 2 is 0.708 bits per heavy atom. The molecule has 3 aliphatic heterocycles. The van der Waals surface area contributed by atoms with E-state index in [9.17, 15) is 9.59 Å². The average molecular weight is 1960 g/mol. The van der Waals surface area contributed by atoms with Crippen LogP contribution in [0.5, 0.6) is 34.5 Å². The number of amides is 2. The van der Waals surface area contributed by atoms with Crippen molar-refractivity contribution in [2.75, 3.05) is 62.3 Å². The van der Waals surface area contributed by atoms with Gasteiger partial charge in [-0.2, -0.15) is 0 Å². The van der Waals surface area contributed by atoms with Crippen LogP contribution in [0.3, 0.4) is 0 Å². The summed E-state index contributed by atoms with van der Waals surface area (Å²) in [6.07, 6.45) is 14.4. The van der Waals surface area contributed by atoms with Crippen molar-refractivity contribution in [1.82, 2.24) is 30.1 Å². The molecule has 5 N–H and O–H groups in total. The number of pyridine rings is 3. The zero-order valence-electron chi connectivity index (χ0n) is 74.7. The number of ether oxygens (including phenoxy) is 8. The molecule has 0 bridgehead atoms. The summed E-state index contributed by atoms with van der Waals surface area (Å²) in [6, 6.07) is 81.4. The molecule has 6 heterocycles. The zero-order valence-corrected chi connectivity index (χ0v) is 79.6. The molecule has 3 unspecified atom stereocenters. The predicted molar refractivity (Wildman–Crippen MR) is 524 cm³/mol. The SMILES string of the molecule is C.C.CC(=O)O.CC(=O)O.COc1cc2c(cc1OC)C(Cc1ccc(-c3ccncc3)cc1)N(C(=O)OC(C)(C)C)CC2.COc1cc2c(cc1OC)C(Cc1ccc(-c3ccncc3)cc1)NCC2.COc1cc2c(cc1OC)C(Cc1ccc(Br)cc1)N(C(=O)OC(C)(C)C)CC2.Cl.OB(O)c1ccncc1.[Pd].c1ccc([PH+](c2ccccc2)c2ccccc2)cc1. The van der Waals surface area contributed by atoms with E-state index < -0.39 is 38.2 Å². The maximum Gasteiger partial charge on any atom is 0.488 e. The van der Waals surface area contributed by atoms with E-state index in [1.165, 1.54) is 61.7 Å². The molecule has 0 spiro atoms. The van der Waals surface area contributed by atoms with Gasteiger partial charge in [0, 0.05) is 95.1 Å². The van der Waals surface area contributed by atoms with Crippen molar-refractivity contribution >= 4 is 88.9 Å². The van der Waals surface area contributed by atoms with Crippen molar-refractivity contribution in [3.05, 3.63) is 328 Å². The number of hydrogen-bond donors (Lipinski definition) is 5. The number of carboxylic acids is 2. The Hall–Kier alpha value is -11.5. The topological polar surface area (TPSA) is 280 Å². The van der Waals surface area contributed by atoms with Crippen molar-refractivity contribution < 1.29 is 97.8 Å². The molecule has 22 nitrogen and oxygen atoms in total. The minimum absolute atomic E-state index is 0. The van der Waals surface area contributed by atoms with Gasteiger partial charge in [0.25, 0.3) is 11.9 Å². The molecule has 692 valence electrons. The first kappa shape index (κ1) is 109. The normalized spacial score (nSPS) is 13.5. The molecule has 27 heteroatoms. The number of methoxy groups -OCH3 is 6. The fourth-order valence-corrected chi connectivity index (χ4v) is 17.5. The summed E-state index contributed by atoms with van der Waals surface area (Å²) in [5, 5.41) is 39.9. The summed E-state index contributed by atoms with van der Waals surface area (Å²) >= 11 is 3.48. The van der Waals surface area contributed by atoms with E-state index in [1.807, 2.05) is 124 Å². The second kappa shape index (κ2) is 54.2. The fourth-order valence-electron chi connectivity index (χ4n) is 14.6. The van der Waals surface area contributed by atoms with Gasteiger partial charge in [-0.25, -0.2) is 9.59 Å². The molecule has 0 saturated carbocycles. The third-order valence-corrected chi connectivity index (χ3v) is 23.7. The maximum atomic E-state index is 13.2. The van der Waals surface area contributed by atoms with Crippen LogP contribution in [0.15, 0.2) is 278 Å². The van der Waals surface area contributed by atoms with Crippen molar-refractivity contribution in [1.29, 1.82) is 0 Å². The van der Waals surface area contributed by atoms with E-state index in [0.29, 0.717) is 54.4 Å². The smallest absolute Gasteiger partial charge is 0.488 e. The summed E-state index contributed by atoms with van der Waals surface area (Å²) in [5.74, 6) is 2.66. The van der Waals surface area contributed by atoms with Gasteiger partial charge in [0.15, 0.2) is 34.5 Å². The number of benzene rings is 9. The van der Waals surface area contributed by atoms with Crippen molar-refractivity contribution in [3.63, 3.8) is 0 Å². The molecule has 0 radical (unpaired) electrons. The Bertz CT molecular complexity index is 5300. The quantitative estimate of drug-likeness (QED) is 0.0394. The van der Waals surface area contributed by atoms with Gasteiger partial charge in [-0.1, -0.05) is 146 Å². The number of carbonyl (C=O) groups excluding carboxylic acids is 2. The molecule has 3 aliphatic rings. The summed E-state index contributed by atoms with van der Waals surface area (Å²) in [5.41, 5.74) is 14.7. The third kappa shape index (κ3) is 33.2. The van der Waals surface area contributed by atoms with Crippen molar-refractivity contribution in [2.45, 2.75) is 138 Å². The molecular formula is C103H123BBrClN6O16PPd+. The van der Waals surface area contributed by atoms with Crippen LogP contribution in [-0.4, -0.2) is 150 Å². The van der Waals surface area contributed by atoms with Crippen LogP contribution >= 0.6 is 36.3 Å². The Balaban J connectivity index is 0.000000289. The van der Waals surface area contributed by atoms with Gasteiger partial charge in [-0.3, -0.25) is 24.5 Å². The molecule has 0 aliphatic carbocycles. The molecule has 3 aromatic heterocycles. The van der Waals surface area contributed by atoms with Gasteiger partial charge < -0.3 is 73.3 Å². The standard InChI is InChI=1S/C28H32N2O4.C23H28BrNO4.C23H24N2O2.C18H15P.C5H6BNO2.2C2H4O2.2CH4.ClH.Pd/c1-28(2,3)34-27(31)30-15-12-22-17-25(32-4)26(33-5)18-23(22)24(30)16-19-6-8-20(9-7-19)21-10-13-29-14-11-21;1-23(2,3)29-22(26)25-11-10-16-13-20(27-4)21(28-5)14-18(16)19(25)12-15-6-8-17(24)9-7-15;1-26-22-14-19-9-12-25-21(20(19)15-23(22)27-2)13-16-3-5-17(6-4-16)18-7-10-24-11-8-18;1-4-10-16(11-5-1)19(17-12-6-2-7-13-17)18-14-8-3-9-15-18;8-6(9)5-1-3-7-4-2-5;2*1-2(3)4;;;;/h6-11,13-14,17-18,24H,12,15-16H2,1-5H3;6-9,13-14,19H,10-12H2,1-5H3;3-8,10-11,14-15,21,25H,9,12-13H2,1-2H3;1-15H;1-4,8-9H;2*1H3,(H,3,4);2*1H4;1H;/p+1. The molecule has 130 heavy (non-hydrogen) atoms. The number of carboxylic acid groups (broad SMARTS) is 2. The number of halogens is 2. The Morgan fingerprint density at radius 3 is 1.02 bits per heavy atom. The largest absolute Gasteiger partial charge is 0.493 e. The minimum Gasteiger partial charge on any atom is -0.493 e. The van der Waals surface area contributed by atoms with Crippen LogP contribution in [0.25, 0.3) is 22.3 Å². The molecular weight excluding hydrogens is 1840 g/mol. The van der Waals surface area contributed by atoms with Gasteiger partial charge in [0.05, 0.1) is 62.7 Å². The number of aromatic nitrogens is 3. The monoisotopic (exact) mass is 1960 g/mol. The second-order valence-electron chi connectivity index (χ2n) is 31.6. The predicted octanol–water partition coefficient (Wildman–Crippen LogP) is 19.4. The van der Waals surface area contributed by atoms with Crippen LogP contribution in [0, 0.1) is 0 Å². The third-order valence-electron chi connectivity index (χ3n) is 20.4. The van der Waals surface area contributed by atoms with E-state index >= 15 is 0 Å². The first-order valence-electron chi connectivity index (χ1n) is 41.4. The van der Waals surface area contributed by atoms with Crippen LogP contribution in [0.2, 0.25) is 0 Å². The van der Waals surface area contributed by atoms with Gasteiger partial charge >= 0.3 is 19.3 Å². The number of nitrogens with zero attached hydrogens (tertiary/aromatic N) is 5. The molecule has 2 amide bonds. The number of fused-ring (bicyclic) bond motifs is 3. The van der Waals surface area contributed by atoms with Gasteiger partial charge in [-0.15, -0.1) is 12.4 Å². The molecule has 12 aromatic rings. The Morgan fingerprint density at radius 1 is 0.423 bits per heavy atom. The van der Waals surface area contributed by atoms with Crippen LogP contribution in [-0.2, 0) is 78.0 Å². The van der Waals surface area contributed by atoms with E-state index in [4.69, 9.17) is 67.7 Å². The van der Waals surface area contributed by atoms with E-state index in [0.717, 1.165) is 101 Å². The van der Waals surface area contributed by atoms with Gasteiger partial charge in [0.1, 0.15) is 27.1 Å². The summed E-state index contributed by atoms with van der Waals surface area (Å²) < 4.78 is 45.6. The van der Waals surface area contributed by atoms with E-state index in [2.05, 4.69) is 200 Å². The second-order valence-corrected chi connectivity index (χ2v) is 35.0. The van der Waals surface area contributed by atoms with Gasteiger partial charge in [0.2, 0.25) is 0 Å². The minimum atomic E-state index is -1.38. The molecule has 9 aromatic carbocycles. The zero-order chi connectivity index (χ0) is 90.9. The molecule has 0 saturated heterocycles. The average Bonchev–Trinajstić information content (AvgIpc) is 0.776. The number of carbonyl (C=O) groups is 4. The van der Waals surface area contributed by atoms with Crippen molar-refractivity contribution in [2.24, 2.45) is 0 Å². The summed E-state index contributed by atoms with van der Waals surface area (Å²) in [4.78, 5) is 59.7. The van der Waals surface area contributed by atoms with Crippen molar-refractivity contribution in [3.8, 4) is 56.8 Å². The molecule has 15 rings (SSSR count). The van der Waals surface area contributed by atoms with E-state index in [1.54, 1.807) is 67.2 Å². The van der Waals surface area contributed by atoms with Crippen LogP contribution in [0.4, 0.5) is 9.59 Å². The Kier molecular flexibility index (Phi) is 45.5. The summed E-state index contributed by atoms with van der Waals surface area (Å²) in [7, 11) is 7.65. The summed E-state index contributed by atoms with van der Waals surface area (Å²) in [6.45, 7) is 15.7.